The summed E-state index contributed by atoms with van der Waals surface area (Å²) < 4.78 is 0. The van der Waals surface area contributed by atoms with Gasteiger partial charge in [-0.15, -0.1) is 0 Å². The van der Waals surface area contributed by atoms with Crippen LogP contribution < -0.4 is 5.32 Å². The molecule has 3 nitrogen and oxygen atoms in total. The van der Waals surface area contributed by atoms with Crippen LogP contribution in [0, 0.1) is 0 Å². The highest BCUT2D eigenvalue weighted by molar-refractivity contribution is 6.29. The summed E-state index contributed by atoms with van der Waals surface area (Å²) >= 11 is 5.85. The lowest BCUT2D eigenvalue weighted by Gasteiger charge is -2.07. The van der Waals surface area contributed by atoms with Crippen molar-refractivity contribution in [1.82, 2.24) is 9.97 Å². The number of benzene rings is 1. The minimum Gasteiger partial charge on any atom is -0.366 e. The van der Waals surface area contributed by atoms with Gasteiger partial charge in [-0.25, -0.2) is 4.98 Å². The third-order valence-corrected chi connectivity index (χ3v) is 3.10. The number of nitrogens with zero attached hydrogens (tertiary/aromatic N) is 2. The lowest BCUT2D eigenvalue weighted by Crippen LogP contribution is -2.01. The molecule has 1 N–H and O–H groups in total. The van der Waals surface area contributed by atoms with Gasteiger partial charge < -0.3 is 5.32 Å². The Morgan fingerprint density at radius 3 is 2.89 bits per heavy atom. The molecule has 0 fully saturated rings. The zero-order valence-corrected chi connectivity index (χ0v) is 10.9. The van der Waals surface area contributed by atoms with Crippen molar-refractivity contribution in [1.29, 1.82) is 0 Å². The first-order chi connectivity index (χ1) is 9.31. The largest absolute Gasteiger partial charge is 0.366 e. The second-order valence-electron chi connectivity index (χ2n) is 4.26. The molecule has 1 aromatic carbocycles. The average Bonchev–Trinajstić information content (AvgIpc) is 2.45. The highest BCUT2D eigenvalue weighted by atomic mass is 35.5. The van der Waals surface area contributed by atoms with Crippen molar-refractivity contribution in [2.45, 2.75) is 6.54 Å². The summed E-state index contributed by atoms with van der Waals surface area (Å²) in [5.41, 5.74) is 1.19. The number of anilines is 1. The van der Waals surface area contributed by atoms with Crippen LogP contribution in [0.25, 0.3) is 10.8 Å². The van der Waals surface area contributed by atoms with E-state index in [4.69, 9.17) is 11.6 Å². The molecule has 0 amide bonds. The van der Waals surface area contributed by atoms with E-state index in [0.717, 1.165) is 11.2 Å². The minimum atomic E-state index is 0.495. The molecule has 4 heteroatoms. The number of hydrogen-bond acceptors (Lipinski definition) is 3. The maximum atomic E-state index is 5.85. The standard InChI is InChI=1S/C15H12ClN3/c16-14-2-1-3-15(19-14)18-9-11-4-5-13-10-17-7-6-12(13)8-11/h1-8,10H,9H2,(H,18,19). The van der Waals surface area contributed by atoms with Crippen LogP contribution in [0.3, 0.4) is 0 Å². The molecular weight excluding hydrogens is 258 g/mol. The Labute approximate surface area is 116 Å². The van der Waals surface area contributed by atoms with E-state index >= 15 is 0 Å². The zero-order valence-electron chi connectivity index (χ0n) is 10.2. The maximum Gasteiger partial charge on any atom is 0.131 e. The summed E-state index contributed by atoms with van der Waals surface area (Å²) in [4.78, 5) is 8.30. The highest BCUT2D eigenvalue weighted by Gasteiger charge is 1.98. The van der Waals surface area contributed by atoms with Crippen LogP contribution in [0.2, 0.25) is 5.15 Å². The van der Waals surface area contributed by atoms with Gasteiger partial charge in [0.25, 0.3) is 0 Å². The Morgan fingerprint density at radius 2 is 2.00 bits per heavy atom. The number of fused-ring (bicyclic) bond motifs is 1. The molecule has 0 radical (unpaired) electrons. The lowest BCUT2D eigenvalue weighted by molar-refractivity contribution is 1.11. The van der Waals surface area contributed by atoms with E-state index in [0.29, 0.717) is 11.7 Å². The normalized spacial score (nSPS) is 10.6. The van der Waals surface area contributed by atoms with Crippen LogP contribution >= 0.6 is 11.6 Å². The Hall–Kier alpha value is -2.13. The van der Waals surface area contributed by atoms with E-state index in [1.165, 1.54) is 10.9 Å². The summed E-state index contributed by atoms with van der Waals surface area (Å²) in [6, 6.07) is 13.9. The second kappa shape index (κ2) is 5.24. The van der Waals surface area contributed by atoms with Gasteiger partial charge in [0.2, 0.25) is 0 Å². The van der Waals surface area contributed by atoms with Gasteiger partial charge in [-0.05, 0) is 35.2 Å². The fourth-order valence-electron chi connectivity index (χ4n) is 1.94. The summed E-state index contributed by atoms with van der Waals surface area (Å²) in [6.07, 6.45) is 3.67. The first-order valence-electron chi connectivity index (χ1n) is 6.00. The second-order valence-corrected chi connectivity index (χ2v) is 4.64. The fraction of sp³-hybridized carbons (Fsp3) is 0.0667. The monoisotopic (exact) mass is 269 g/mol. The van der Waals surface area contributed by atoms with E-state index < -0.39 is 0 Å². The van der Waals surface area contributed by atoms with Gasteiger partial charge in [-0.3, -0.25) is 4.98 Å². The molecule has 2 aromatic heterocycles. The van der Waals surface area contributed by atoms with Gasteiger partial charge in [0, 0.05) is 24.3 Å². The molecule has 0 saturated heterocycles. The Kier molecular flexibility index (Phi) is 3.29. The van der Waals surface area contributed by atoms with Crippen LogP contribution in [0.15, 0.2) is 54.9 Å². The van der Waals surface area contributed by atoms with Gasteiger partial charge in [-0.2, -0.15) is 0 Å². The van der Waals surface area contributed by atoms with E-state index in [1.54, 1.807) is 12.3 Å². The predicted octanol–water partition coefficient (Wildman–Crippen LogP) is 3.90. The van der Waals surface area contributed by atoms with Crippen LogP contribution in [0.4, 0.5) is 5.82 Å². The number of pyridine rings is 2. The van der Waals surface area contributed by atoms with Crippen molar-refractivity contribution in [2.75, 3.05) is 5.32 Å². The van der Waals surface area contributed by atoms with Gasteiger partial charge in [0.05, 0.1) is 0 Å². The summed E-state index contributed by atoms with van der Waals surface area (Å²) in [5.74, 6) is 0.780. The van der Waals surface area contributed by atoms with Crippen LogP contribution in [-0.4, -0.2) is 9.97 Å². The SMILES string of the molecule is Clc1cccc(NCc2ccc3cnccc3c2)n1. The van der Waals surface area contributed by atoms with Crippen LogP contribution in [-0.2, 0) is 6.54 Å². The number of hydrogen-bond donors (Lipinski definition) is 1. The van der Waals surface area contributed by atoms with Crippen molar-refractivity contribution in [3.8, 4) is 0 Å². The number of aromatic nitrogens is 2. The number of rotatable bonds is 3. The summed E-state index contributed by atoms with van der Waals surface area (Å²) in [6.45, 7) is 0.714. The summed E-state index contributed by atoms with van der Waals surface area (Å²) in [7, 11) is 0. The smallest absolute Gasteiger partial charge is 0.131 e. The van der Waals surface area contributed by atoms with E-state index in [2.05, 4.69) is 33.5 Å². The third kappa shape index (κ3) is 2.83. The van der Waals surface area contributed by atoms with Crippen LogP contribution in [0.5, 0.6) is 0 Å². The third-order valence-electron chi connectivity index (χ3n) is 2.89. The Balaban J connectivity index is 1.78. The van der Waals surface area contributed by atoms with E-state index in [1.807, 2.05) is 24.4 Å². The molecule has 0 aliphatic rings. The molecule has 19 heavy (non-hydrogen) atoms. The van der Waals surface area contributed by atoms with Gasteiger partial charge in [0.15, 0.2) is 0 Å². The quantitative estimate of drug-likeness (QED) is 0.733. The van der Waals surface area contributed by atoms with Crippen molar-refractivity contribution in [3.05, 3.63) is 65.6 Å². The first kappa shape index (κ1) is 11.9. The van der Waals surface area contributed by atoms with Gasteiger partial charge in [-0.1, -0.05) is 29.8 Å². The first-order valence-corrected chi connectivity index (χ1v) is 6.38. The number of halogens is 1. The molecule has 0 aliphatic heterocycles. The topological polar surface area (TPSA) is 37.8 Å². The number of nitrogens with one attached hydrogen (secondary N) is 1. The zero-order chi connectivity index (χ0) is 13.1. The lowest BCUT2D eigenvalue weighted by atomic mass is 10.1. The Bertz CT molecular complexity index is 712. The molecule has 3 rings (SSSR count). The maximum absolute atomic E-state index is 5.85. The van der Waals surface area contributed by atoms with Crippen molar-refractivity contribution in [2.24, 2.45) is 0 Å². The molecule has 0 atom stereocenters. The van der Waals surface area contributed by atoms with E-state index in [-0.39, 0.29) is 0 Å². The average molecular weight is 270 g/mol. The minimum absolute atomic E-state index is 0.495. The molecule has 0 saturated carbocycles. The van der Waals surface area contributed by atoms with Crippen molar-refractivity contribution < 1.29 is 0 Å². The Morgan fingerprint density at radius 1 is 1.05 bits per heavy atom. The van der Waals surface area contributed by atoms with Crippen LogP contribution in [0.1, 0.15) is 5.56 Å². The molecule has 0 aliphatic carbocycles. The molecule has 0 bridgehead atoms. The molecule has 3 aromatic rings. The molecule has 2 heterocycles. The fourth-order valence-corrected chi connectivity index (χ4v) is 2.11. The van der Waals surface area contributed by atoms with Gasteiger partial charge in [0.1, 0.15) is 11.0 Å². The highest BCUT2D eigenvalue weighted by Crippen LogP contribution is 2.16. The van der Waals surface area contributed by atoms with Gasteiger partial charge >= 0.3 is 0 Å². The van der Waals surface area contributed by atoms with E-state index in [9.17, 15) is 0 Å². The molecule has 94 valence electrons. The molecular formula is C15H12ClN3. The molecule has 0 unspecified atom stereocenters. The van der Waals surface area contributed by atoms with Crippen molar-refractivity contribution in [3.63, 3.8) is 0 Å². The predicted molar refractivity (Wildman–Crippen MR) is 78.3 cm³/mol. The summed E-state index contributed by atoms with van der Waals surface area (Å²) in [5, 5.41) is 6.08. The van der Waals surface area contributed by atoms with Crippen molar-refractivity contribution >= 4 is 28.2 Å². The molecule has 0 spiro atoms.